The van der Waals surface area contributed by atoms with Crippen LogP contribution in [0.1, 0.15) is 175 Å². The van der Waals surface area contributed by atoms with E-state index >= 15 is 0 Å². The average molecular weight is 673 g/mol. The minimum atomic E-state index is -0.825. The number of carboxylic acids is 1. The molecule has 2 atom stereocenters. The molecule has 2 saturated heterocycles. The fraction of sp³-hybridized carbons (Fsp3) is 0.929. The molecule has 4 saturated carbocycles. The van der Waals surface area contributed by atoms with Gasteiger partial charge in [-0.2, -0.15) is 0 Å². The zero-order chi connectivity index (χ0) is 33.9. The van der Waals surface area contributed by atoms with Crippen LogP contribution < -0.4 is 0 Å². The predicted octanol–water partition coefficient (Wildman–Crippen LogP) is 10.8. The highest BCUT2D eigenvalue weighted by atomic mass is 16.5. The Balaban J connectivity index is 1.03. The zero-order valence-corrected chi connectivity index (χ0v) is 31.4. The van der Waals surface area contributed by atoms with Crippen molar-refractivity contribution in [3.63, 3.8) is 0 Å². The summed E-state index contributed by atoms with van der Waals surface area (Å²) in [7, 11) is 0. The maximum atomic E-state index is 12.4. The Kier molecular flexibility index (Phi) is 14.2. The molecular formula is C42H72O6. The lowest BCUT2D eigenvalue weighted by Crippen LogP contribution is -2.57. The van der Waals surface area contributed by atoms with Gasteiger partial charge >= 0.3 is 5.97 Å². The number of hydrogen-bond donors (Lipinski definition) is 1. The van der Waals surface area contributed by atoms with Gasteiger partial charge in [-0.05, 0) is 95.8 Å². The molecule has 6 nitrogen and oxygen atoms in total. The average Bonchev–Trinajstić information content (AvgIpc) is 3.01. The molecule has 48 heavy (non-hydrogen) atoms. The Morgan fingerprint density at radius 1 is 0.667 bits per heavy atom. The van der Waals surface area contributed by atoms with Crippen molar-refractivity contribution in [3.8, 4) is 0 Å². The quantitative estimate of drug-likeness (QED) is 0.0560. The van der Waals surface area contributed by atoms with Crippen LogP contribution in [0.4, 0.5) is 0 Å². The molecule has 0 amide bonds. The third-order valence-electron chi connectivity index (χ3n) is 13.3. The first-order valence-corrected chi connectivity index (χ1v) is 20.6. The van der Waals surface area contributed by atoms with Crippen LogP contribution in [-0.2, 0) is 23.7 Å². The van der Waals surface area contributed by atoms with Crippen LogP contribution in [-0.4, -0.2) is 56.3 Å². The molecule has 276 valence electrons. The van der Waals surface area contributed by atoms with Gasteiger partial charge in [0, 0.05) is 22.9 Å². The Morgan fingerprint density at radius 3 is 1.62 bits per heavy atom. The summed E-state index contributed by atoms with van der Waals surface area (Å²) in [5.41, 5.74) is 1.13. The van der Waals surface area contributed by atoms with Crippen LogP contribution in [0.25, 0.3) is 0 Å². The second-order valence-corrected chi connectivity index (χ2v) is 17.6. The van der Waals surface area contributed by atoms with E-state index in [-0.39, 0.29) is 11.0 Å². The van der Waals surface area contributed by atoms with Crippen LogP contribution in [0, 0.1) is 28.1 Å². The maximum absolute atomic E-state index is 12.4. The summed E-state index contributed by atoms with van der Waals surface area (Å²) < 4.78 is 24.6. The normalized spacial score (nSPS) is 30.1. The number of carboxylic acid groups (broad SMARTS) is 1. The van der Waals surface area contributed by atoms with Crippen molar-refractivity contribution in [1.29, 1.82) is 0 Å². The van der Waals surface area contributed by atoms with E-state index in [0.717, 1.165) is 90.2 Å². The Hall–Kier alpha value is -1.11. The van der Waals surface area contributed by atoms with Crippen LogP contribution in [0.5, 0.6) is 0 Å². The molecule has 2 aliphatic heterocycles. The smallest absolute Gasteiger partial charge is 0.334 e. The van der Waals surface area contributed by atoms with E-state index in [1.165, 1.54) is 103 Å². The number of allylic oxidation sites excluding steroid dienone is 1. The molecule has 1 N–H and O–H groups in total. The highest BCUT2D eigenvalue weighted by molar-refractivity contribution is 5.86. The number of unbranched alkanes of at least 4 members (excludes halogenated alkanes) is 10. The molecule has 2 heterocycles. The maximum Gasteiger partial charge on any atom is 0.334 e. The molecule has 0 aromatic rings. The lowest BCUT2D eigenvalue weighted by Gasteiger charge is -2.62. The molecule has 4 aliphatic carbocycles. The minimum absolute atomic E-state index is 0.0900. The summed E-state index contributed by atoms with van der Waals surface area (Å²) in [5.74, 6) is 1.23. The van der Waals surface area contributed by atoms with E-state index in [1.807, 2.05) is 0 Å². The van der Waals surface area contributed by atoms with Gasteiger partial charge in [0.1, 0.15) is 5.76 Å². The molecule has 0 radical (unpaired) electrons. The SMILES string of the molecule is CCCCC1(CCCCCCCOC(=C(C)C(=O)O)C23CC4CC(CC(OCCCCCCCC5(CCCC)COC5)(C4)C2)C3)COC1. The van der Waals surface area contributed by atoms with Gasteiger partial charge in [0.25, 0.3) is 0 Å². The number of rotatable bonds is 26. The monoisotopic (exact) mass is 673 g/mol. The van der Waals surface area contributed by atoms with E-state index in [0.29, 0.717) is 34.8 Å². The van der Waals surface area contributed by atoms with Crippen LogP contribution in [0.15, 0.2) is 11.3 Å². The first kappa shape index (κ1) is 38.1. The minimum Gasteiger partial charge on any atom is -0.497 e. The second kappa shape index (κ2) is 17.9. The predicted molar refractivity (Wildman–Crippen MR) is 193 cm³/mol. The first-order chi connectivity index (χ1) is 23.3. The summed E-state index contributed by atoms with van der Waals surface area (Å²) in [6.07, 6.45) is 29.4. The highest BCUT2D eigenvalue weighted by Crippen LogP contribution is 2.65. The third kappa shape index (κ3) is 9.81. The van der Waals surface area contributed by atoms with E-state index in [2.05, 4.69) is 13.8 Å². The molecule has 0 aromatic heterocycles. The molecule has 6 heteroatoms. The number of hydrogen-bond acceptors (Lipinski definition) is 5. The first-order valence-electron chi connectivity index (χ1n) is 20.6. The second-order valence-electron chi connectivity index (χ2n) is 17.6. The Bertz CT molecular complexity index is 1010. The molecule has 4 bridgehead atoms. The number of ether oxygens (including phenoxy) is 4. The van der Waals surface area contributed by atoms with E-state index in [9.17, 15) is 9.90 Å². The van der Waals surface area contributed by atoms with Crippen molar-refractivity contribution in [2.45, 2.75) is 180 Å². The highest BCUT2D eigenvalue weighted by Gasteiger charge is 2.60. The Morgan fingerprint density at radius 2 is 1.15 bits per heavy atom. The van der Waals surface area contributed by atoms with Gasteiger partial charge in [0.2, 0.25) is 0 Å². The number of carbonyl (C=O) groups is 1. The van der Waals surface area contributed by atoms with Crippen molar-refractivity contribution < 1.29 is 28.8 Å². The fourth-order valence-electron chi connectivity index (χ4n) is 10.8. The Labute approximate surface area is 293 Å². The molecule has 0 spiro atoms. The van der Waals surface area contributed by atoms with Crippen molar-refractivity contribution in [2.75, 3.05) is 39.6 Å². The summed E-state index contributed by atoms with van der Waals surface area (Å²) in [4.78, 5) is 12.4. The van der Waals surface area contributed by atoms with Gasteiger partial charge in [-0.1, -0.05) is 90.9 Å². The summed E-state index contributed by atoms with van der Waals surface area (Å²) in [5, 5.41) is 10.1. The standard InChI is InChI=1S/C42H72O6/c1-4-6-18-39(30-45-31-39)20-14-10-8-12-16-22-47-37(34(3)38(43)44)41-25-35-24-36(26-41)28-42(27-35,29-41)48-23-17-13-9-11-15-21-40(19-7-5-2)32-46-33-40/h35-36H,4-33H2,1-3H3,(H,43,44). The molecule has 6 fully saturated rings. The van der Waals surface area contributed by atoms with Gasteiger partial charge < -0.3 is 24.1 Å². The van der Waals surface area contributed by atoms with Crippen molar-refractivity contribution in [1.82, 2.24) is 0 Å². The topological polar surface area (TPSA) is 74.2 Å². The molecule has 0 aromatic carbocycles. The van der Waals surface area contributed by atoms with Gasteiger partial charge in [-0.3, -0.25) is 0 Å². The van der Waals surface area contributed by atoms with Crippen LogP contribution in [0.3, 0.4) is 0 Å². The van der Waals surface area contributed by atoms with Gasteiger partial charge in [-0.15, -0.1) is 0 Å². The van der Waals surface area contributed by atoms with Crippen molar-refractivity contribution in [3.05, 3.63) is 11.3 Å². The van der Waals surface area contributed by atoms with E-state index < -0.39 is 5.97 Å². The van der Waals surface area contributed by atoms with Gasteiger partial charge in [0.15, 0.2) is 0 Å². The molecule has 6 aliphatic rings. The zero-order valence-electron chi connectivity index (χ0n) is 31.4. The lowest BCUT2D eigenvalue weighted by molar-refractivity contribution is -0.193. The van der Waals surface area contributed by atoms with E-state index in [1.54, 1.807) is 6.92 Å². The molecular weight excluding hydrogens is 600 g/mol. The number of aliphatic carboxylic acids is 1. The summed E-state index contributed by atoms with van der Waals surface area (Å²) in [6.45, 7) is 11.7. The van der Waals surface area contributed by atoms with Gasteiger partial charge in [-0.25, -0.2) is 4.79 Å². The van der Waals surface area contributed by atoms with Crippen LogP contribution >= 0.6 is 0 Å². The van der Waals surface area contributed by atoms with Gasteiger partial charge in [0.05, 0.1) is 44.2 Å². The van der Waals surface area contributed by atoms with Crippen molar-refractivity contribution in [2.24, 2.45) is 28.1 Å². The van der Waals surface area contributed by atoms with Crippen molar-refractivity contribution >= 4 is 5.97 Å². The van der Waals surface area contributed by atoms with Crippen LogP contribution in [0.2, 0.25) is 0 Å². The van der Waals surface area contributed by atoms with E-state index in [4.69, 9.17) is 18.9 Å². The fourth-order valence-corrected chi connectivity index (χ4v) is 10.8. The third-order valence-corrected chi connectivity index (χ3v) is 13.3. The lowest BCUT2D eigenvalue weighted by atomic mass is 9.47. The molecule has 6 rings (SSSR count). The molecule has 2 unspecified atom stereocenters. The summed E-state index contributed by atoms with van der Waals surface area (Å²) >= 11 is 0. The largest absolute Gasteiger partial charge is 0.497 e. The summed E-state index contributed by atoms with van der Waals surface area (Å²) in [6, 6.07) is 0.